The predicted molar refractivity (Wildman–Crippen MR) is 101 cm³/mol. The van der Waals surface area contributed by atoms with Gasteiger partial charge in [0.1, 0.15) is 19.0 Å². The van der Waals surface area contributed by atoms with Crippen molar-refractivity contribution in [2.24, 2.45) is 11.7 Å². The molecule has 1 unspecified atom stereocenters. The molecule has 0 radical (unpaired) electrons. The van der Waals surface area contributed by atoms with Crippen LogP contribution >= 0.6 is 0 Å². The molecule has 3 rings (SSSR count). The van der Waals surface area contributed by atoms with Crippen molar-refractivity contribution in [2.75, 3.05) is 11.9 Å². The lowest BCUT2D eigenvalue weighted by molar-refractivity contribution is -0.114. The van der Waals surface area contributed by atoms with E-state index in [9.17, 15) is 9.18 Å². The quantitative estimate of drug-likeness (QED) is 0.809. The monoisotopic (exact) mass is 373 g/mol. The number of carbonyl (C=O) groups is 1. The zero-order chi connectivity index (χ0) is 19.6. The van der Waals surface area contributed by atoms with Crippen LogP contribution in [0.1, 0.15) is 32.8 Å². The maximum absolute atomic E-state index is 14.9. The Bertz CT molecular complexity index is 855. The van der Waals surface area contributed by atoms with Gasteiger partial charge in [0, 0.05) is 30.3 Å². The normalized spacial score (nSPS) is 13.4. The number of hydrogen-bond acceptors (Lipinski definition) is 5. The van der Waals surface area contributed by atoms with Gasteiger partial charge >= 0.3 is 0 Å². The second-order valence-electron chi connectivity index (χ2n) is 7.15. The molecule has 0 bridgehead atoms. The summed E-state index contributed by atoms with van der Waals surface area (Å²) in [5.41, 5.74) is 8.21. The van der Waals surface area contributed by atoms with Crippen LogP contribution in [-0.2, 0) is 11.4 Å². The molecular weight excluding hydrogens is 349 g/mol. The van der Waals surface area contributed by atoms with Gasteiger partial charge in [0.25, 0.3) is 0 Å². The minimum atomic E-state index is -0.548. The van der Waals surface area contributed by atoms with Crippen LogP contribution in [0, 0.1) is 11.7 Å². The van der Waals surface area contributed by atoms with Crippen molar-refractivity contribution >= 4 is 11.7 Å². The highest BCUT2D eigenvalue weighted by Gasteiger charge is 2.24. The fraction of sp³-hybridized carbons (Fsp3) is 0.400. The molecule has 1 atom stereocenters. The van der Waals surface area contributed by atoms with Crippen molar-refractivity contribution in [3.8, 4) is 22.6 Å². The smallest absolute Gasteiger partial charge is 0.222 e. The van der Waals surface area contributed by atoms with Crippen LogP contribution in [-0.4, -0.2) is 23.5 Å². The van der Waals surface area contributed by atoms with Crippen molar-refractivity contribution in [1.29, 1.82) is 0 Å². The van der Waals surface area contributed by atoms with Crippen LogP contribution in [0.2, 0.25) is 0 Å². The highest BCUT2D eigenvalue weighted by atomic mass is 19.1. The number of anilines is 1. The molecule has 0 saturated carbocycles. The van der Waals surface area contributed by atoms with E-state index in [1.165, 1.54) is 6.92 Å². The van der Waals surface area contributed by atoms with Gasteiger partial charge in [0.15, 0.2) is 11.5 Å². The van der Waals surface area contributed by atoms with Crippen molar-refractivity contribution < 1.29 is 18.7 Å². The van der Waals surface area contributed by atoms with Crippen LogP contribution < -0.4 is 20.5 Å². The summed E-state index contributed by atoms with van der Waals surface area (Å²) in [5, 5.41) is 2.64. The molecule has 144 valence electrons. The Morgan fingerprint density at radius 1 is 1.41 bits per heavy atom. The van der Waals surface area contributed by atoms with Crippen LogP contribution in [0.3, 0.4) is 0 Å². The first-order chi connectivity index (χ1) is 12.8. The summed E-state index contributed by atoms with van der Waals surface area (Å²) in [4.78, 5) is 15.4. The van der Waals surface area contributed by atoms with Crippen LogP contribution in [0.15, 0.2) is 24.4 Å². The Morgan fingerprint density at radius 3 is 2.89 bits per heavy atom. The highest BCUT2D eigenvalue weighted by Crippen LogP contribution is 2.42. The number of carbonyl (C=O) groups excluding carboxylic acids is 1. The van der Waals surface area contributed by atoms with E-state index in [-0.39, 0.29) is 36.7 Å². The third-order valence-corrected chi connectivity index (χ3v) is 4.24. The molecule has 1 aliphatic heterocycles. The van der Waals surface area contributed by atoms with Crippen molar-refractivity contribution in [3.63, 3.8) is 0 Å². The number of hydrogen-bond donors (Lipinski definition) is 2. The van der Waals surface area contributed by atoms with Crippen molar-refractivity contribution in [2.45, 2.75) is 39.8 Å². The van der Waals surface area contributed by atoms with Gasteiger partial charge in [0.2, 0.25) is 11.7 Å². The molecule has 6 nitrogen and oxygen atoms in total. The standard InChI is InChI=1S/C20H24FN3O3/c1-11(2)6-14(22)10-26-17-5-4-15-16-7-18(24-12(3)25)23-8-13(16)9-27-20(15)19(17)21/h4-5,7-8,11,14H,6,9-10,22H2,1-3H3,(H,23,24,25). The first kappa shape index (κ1) is 19.1. The molecular formula is C20H24FN3O3. The molecule has 1 amide bonds. The van der Waals surface area contributed by atoms with Gasteiger partial charge in [0.05, 0.1) is 0 Å². The van der Waals surface area contributed by atoms with Crippen molar-refractivity contribution in [1.82, 2.24) is 4.98 Å². The van der Waals surface area contributed by atoms with E-state index in [4.69, 9.17) is 15.2 Å². The molecule has 0 fully saturated rings. The molecule has 0 aliphatic carbocycles. The predicted octanol–water partition coefficient (Wildman–Crippen LogP) is 3.49. The highest BCUT2D eigenvalue weighted by molar-refractivity contribution is 5.89. The number of nitrogens with two attached hydrogens (primary N) is 1. The Hall–Kier alpha value is -2.67. The summed E-state index contributed by atoms with van der Waals surface area (Å²) >= 11 is 0. The second-order valence-corrected chi connectivity index (χ2v) is 7.15. The number of benzene rings is 1. The minimum Gasteiger partial charge on any atom is -0.489 e. The number of halogens is 1. The first-order valence-corrected chi connectivity index (χ1v) is 8.95. The van der Waals surface area contributed by atoms with Crippen LogP contribution in [0.5, 0.6) is 11.5 Å². The van der Waals surface area contributed by atoms with Gasteiger partial charge in [-0.1, -0.05) is 13.8 Å². The fourth-order valence-corrected chi connectivity index (χ4v) is 3.12. The first-order valence-electron chi connectivity index (χ1n) is 8.95. The van der Waals surface area contributed by atoms with E-state index in [1.807, 2.05) is 0 Å². The summed E-state index contributed by atoms with van der Waals surface area (Å²) in [6, 6.07) is 4.88. The summed E-state index contributed by atoms with van der Waals surface area (Å²) in [7, 11) is 0. The zero-order valence-corrected chi connectivity index (χ0v) is 15.7. The molecule has 2 aromatic rings. The summed E-state index contributed by atoms with van der Waals surface area (Å²) in [6.45, 7) is 6.00. The lowest BCUT2D eigenvalue weighted by Gasteiger charge is -2.23. The lowest BCUT2D eigenvalue weighted by Crippen LogP contribution is -2.29. The molecule has 1 aromatic heterocycles. The summed E-state index contributed by atoms with van der Waals surface area (Å²) in [6.07, 6.45) is 2.42. The fourth-order valence-electron chi connectivity index (χ4n) is 3.12. The second kappa shape index (κ2) is 7.92. The largest absolute Gasteiger partial charge is 0.489 e. The molecule has 2 heterocycles. The number of nitrogens with one attached hydrogen (secondary N) is 1. The van der Waals surface area contributed by atoms with Gasteiger partial charge in [-0.2, -0.15) is 4.39 Å². The number of aromatic nitrogens is 1. The summed E-state index contributed by atoms with van der Waals surface area (Å²) < 4.78 is 26.1. The number of ether oxygens (including phenoxy) is 2. The lowest BCUT2D eigenvalue weighted by atomic mass is 9.98. The van der Waals surface area contributed by atoms with Crippen molar-refractivity contribution in [3.05, 3.63) is 35.8 Å². The average molecular weight is 373 g/mol. The molecule has 1 aromatic carbocycles. The molecule has 0 saturated heterocycles. The van der Waals surface area contributed by atoms with E-state index in [1.54, 1.807) is 24.4 Å². The number of rotatable bonds is 6. The van der Waals surface area contributed by atoms with Crippen LogP contribution in [0.4, 0.5) is 10.2 Å². The minimum absolute atomic E-state index is 0.118. The van der Waals surface area contributed by atoms with Gasteiger partial charge < -0.3 is 20.5 Å². The van der Waals surface area contributed by atoms with Gasteiger partial charge in [-0.05, 0) is 36.1 Å². The van der Waals surface area contributed by atoms with E-state index in [0.29, 0.717) is 17.3 Å². The molecule has 0 spiro atoms. The zero-order valence-electron chi connectivity index (χ0n) is 15.7. The molecule has 1 aliphatic rings. The number of nitrogens with zero attached hydrogens (tertiary/aromatic N) is 1. The molecule has 3 N–H and O–H groups in total. The van der Waals surface area contributed by atoms with Crippen LogP contribution in [0.25, 0.3) is 11.1 Å². The Labute approximate surface area is 157 Å². The van der Waals surface area contributed by atoms with E-state index in [0.717, 1.165) is 17.5 Å². The summed E-state index contributed by atoms with van der Waals surface area (Å²) in [5.74, 6) is 0.345. The Balaban J connectivity index is 1.85. The third-order valence-electron chi connectivity index (χ3n) is 4.24. The maximum Gasteiger partial charge on any atom is 0.222 e. The Morgan fingerprint density at radius 2 is 2.19 bits per heavy atom. The maximum atomic E-state index is 14.9. The molecule has 7 heteroatoms. The average Bonchev–Trinajstić information content (AvgIpc) is 2.60. The number of pyridine rings is 1. The third kappa shape index (κ3) is 4.36. The number of fused-ring (bicyclic) bond motifs is 3. The SMILES string of the molecule is CC(=O)Nc1cc2c(cn1)COc1c-2ccc(OCC(N)CC(C)C)c1F. The van der Waals surface area contributed by atoms with Gasteiger partial charge in [-0.25, -0.2) is 4.98 Å². The van der Waals surface area contributed by atoms with Gasteiger partial charge in [-0.15, -0.1) is 0 Å². The van der Waals surface area contributed by atoms with E-state index in [2.05, 4.69) is 24.1 Å². The topological polar surface area (TPSA) is 86.5 Å². The Kier molecular flexibility index (Phi) is 5.60. The van der Waals surface area contributed by atoms with E-state index >= 15 is 0 Å². The number of amides is 1. The van der Waals surface area contributed by atoms with Gasteiger partial charge in [-0.3, -0.25) is 4.79 Å². The molecule has 27 heavy (non-hydrogen) atoms. The van der Waals surface area contributed by atoms with E-state index < -0.39 is 5.82 Å².